The first kappa shape index (κ1) is 13.6. The number of anilines is 1. The van der Waals surface area contributed by atoms with E-state index in [4.69, 9.17) is 4.74 Å². The van der Waals surface area contributed by atoms with Crippen LogP contribution in [-0.4, -0.2) is 30.2 Å². The van der Waals surface area contributed by atoms with Gasteiger partial charge in [-0.25, -0.2) is 4.98 Å². The third kappa shape index (κ3) is 2.76. The second kappa shape index (κ2) is 5.43. The van der Waals surface area contributed by atoms with Gasteiger partial charge in [0.25, 0.3) is 0 Å². The average Bonchev–Trinajstić information content (AvgIpc) is 2.40. The van der Waals surface area contributed by atoms with Gasteiger partial charge in [0.15, 0.2) is 0 Å². The van der Waals surface area contributed by atoms with Gasteiger partial charge in [0.2, 0.25) is 11.8 Å². The first-order chi connectivity index (χ1) is 8.58. The molecule has 4 nitrogen and oxygen atoms in total. The Hall–Kier alpha value is -0.840. The summed E-state index contributed by atoms with van der Waals surface area (Å²) in [5.41, 5.74) is 0.482. The standard InChI is InChI=1S/C13H20BrN3O/c1-4-13(2)5-7-17(8-6-13)12-15-9-10(14)11(16-12)18-3/h9H,4-8H2,1-3H3. The van der Waals surface area contributed by atoms with E-state index in [2.05, 4.69) is 44.6 Å². The number of hydrogen-bond donors (Lipinski definition) is 0. The van der Waals surface area contributed by atoms with Gasteiger partial charge in [-0.2, -0.15) is 4.98 Å². The van der Waals surface area contributed by atoms with Crippen LogP contribution in [0.3, 0.4) is 0 Å². The van der Waals surface area contributed by atoms with Gasteiger partial charge in [-0.15, -0.1) is 0 Å². The molecule has 1 aromatic rings. The summed E-state index contributed by atoms with van der Waals surface area (Å²) in [6.07, 6.45) is 5.40. The molecule has 0 aromatic carbocycles. The summed E-state index contributed by atoms with van der Waals surface area (Å²) >= 11 is 3.38. The van der Waals surface area contributed by atoms with Crippen LogP contribution in [0.2, 0.25) is 0 Å². The van der Waals surface area contributed by atoms with E-state index in [0.29, 0.717) is 11.3 Å². The first-order valence-corrected chi connectivity index (χ1v) is 7.19. The van der Waals surface area contributed by atoms with Crippen molar-refractivity contribution >= 4 is 21.9 Å². The van der Waals surface area contributed by atoms with Crippen LogP contribution in [0.4, 0.5) is 5.95 Å². The van der Waals surface area contributed by atoms with Crippen LogP contribution in [0.5, 0.6) is 5.88 Å². The van der Waals surface area contributed by atoms with Gasteiger partial charge in [0.1, 0.15) is 0 Å². The van der Waals surface area contributed by atoms with Crippen LogP contribution in [0.15, 0.2) is 10.7 Å². The molecule has 1 aliphatic rings. The van der Waals surface area contributed by atoms with Gasteiger partial charge in [0.05, 0.1) is 17.8 Å². The minimum absolute atomic E-state index is 0.482. The first-order valence-electron chi connectivity index (χ1n) is 6.39. The van der Waals surface area contributed by atoms with Crippen LogP contribution >= 0.6 is 15.9 Å². The number of hydrogen-bond acceptors (Lipinski definition) is 4. The van der Waals surface area contributed by atoms with Crippen molar-refractivity contribution in [2.24, 2.45) is 5.41 Å². The second-order valence-electron chi connectivity index (χ2n) is 5.18. The van der Waals surface area contributed by atoms with Crippen molar-refractivity contribution in [3.05, 3.63) is 10.7 Å². The van der Waals surface area contributed by atoms with E-state index in [-0.39, 0.29) is 0 Å². The van der Waals surface area contributed by atoms with Gasteiger partial charge in [0, 0.05) is 13.1 Å². The highest BCUT2D eigenvalue weighted by Gasteiger charge is 2.29. The Morgan fingerprint density at radius 3 is 2.67 bits per heavy atom. The second-order valence-corrected chi connectivity index (χ2v) is 6.03. The molecule has 1 aromatic heterocycles. The van der Waals surface area contributed by atoms with Crippen LogP contribution in [0.25, 0.3) is 0 Å². The Labute approximate surface area is 117 Å². The van der Waals surface area contributed by atoms with Gasteiger partial charge >= 0.3 is 0 Å². The highest BCUT2D eigenvalue weighted by atomic mass is 79.9. The van der Waals surface area contributed by atoms with E-state index in [1.807, 2.05) is 0 Å². The maximum atomic E-state index is 5.21. The summed E-state index contributed by atoms with van der Waals surface area (Å²) in [7, 11) is 1.63. The Bertz CT molecular complexity index is 417. The monoisotopic (exact) mass is 313 g/mol. The van der Waals surface area contributed by atoms with E-state index in [1.165, 1.54) is 19.3 Å². The number of nitrogens with zero attached hydrogens (tertiary/aromatic N) is 3. The summed E-state index contributed by atoms with van der Waals surface area (Å²) in [6.45, 7) is 6.69. The lowest BCUT2D eigenvalue weighted by Crippen LogP contribution is -2.39. The molecule has 2 rings (SSSR count). The number of rotatable bonds is 3. The molecule has 100 valence electrons. The fourth-order valence-corrected chi connectivity index (χ4v) is 2.59. The van der Waals surface area contributed by atoms with Gasteiger partial charge in [-0.3, -0.25) is 0 Å². The fraction of sp³-hybridized carbons (Fsp3) is 0.692. The summed E-state index contributed by atoms with van der Waals surface area (Å²) in [5.74, 6) is 1.37. The van der Waals surface area contributed by atoms with Gasteiger partial charge in [-0.05, 0) is 34.2 Å². The average molecular weight is 314 g/mol. The predicted octanol–water partition coefficient (Wildman–Crippen LogP) is 3.26. The maximum Gasteiger partial charge on any atom is 0.232 e. The zero-order valence-corrected chi connectivity index (χ0v) is 12.8. The molecule has 1 saturated heterocycles. The van der Waals surface area contributed by atoms with Crippen molar-refractivity contribution in [1.29, 1.82) is 0 Å². The van der Waals surface area contributed by atoms with Gasteiger partial charge in [-0.1, -0.05) is 20.3 Å². The van der Waals surface area contributed by atoms with Crippen molar-refractivity contribution in [3.63, 3.8) is 0 Å². The van der Waals surface area contributed by atoms with E-state index in [0.717, 1.165) is 23.5 Å². The third-order valence-corrected chi connectivity index (χ3v) is 4.54. The molecule has 2 heterocycles. The number of halogens is 1. The van der Waals surface area contributed by atoms with Crippen molar-refractivity contribution in [2.45, 2.75) is 33.1 Å². The van der Waals surface area contributed by atoms with Crippen LogP contribution in [0, 0.1) is 5.41 Å². The summed E-state index contributed by atoms with van der Waals surface area (Å²) < 4.78 is 6.01. The lowest BCUT2D eigenvalue weighted by molar-refractivity contribution is 0.237. The Balaban J connectivity index is 2.10. The van der Waals surface area contributed by atoms with E-state index in [1.54, 1.807) is 13.3 Å². The number of methoxy groups -OCH3 is 1. The topological polar surface area (TPSA) is 38.2 Å². The molecule has 0 aliphatic carbocycles. The number of aromatic nitrogens is 2. The Kier molecular flexibility index (Phi) is 4.10. The molecule has 0 spiro atoms. The zero-order chi connectivity index (χ0) is 13.2. The zero-order valence-electron chi connectivity index (χ0n) is 11.2. The molecule has 0 radical (unpaired) electrons. The maximum absolute atomic E-state index is 5.21. The third-order valence-electron chi connectivity index (χ3n) is 4.00. The molecule has 0 saturated carbocycles. The van der Waals surface area contributed by atoms with Crippen molar-refractivity contribution in [1.82, 2.24) is 9.97 Å². The summed E-state index contributed by atoms with van der Waals surface area (Å²) in [6, 6.07) is 0. The summed E-state index contributed by atoms with van der Waals surface area (Å²) in [5, 5.41) is 0. The molecule has 1 fully saturated rings. The Morgan fingerprint density at radius 2 is 2.11 bits per heavy atom. The molecular weight excluding hydrogens is 294 g/mol. The highest BCUT2D eigenvalue weighted by Crippen LogP contribution is 2.35. The minimum Gasteiger partial charge on any atom is -0.480 e. The Morgan fingerprint density at radius 1 is 1.44 bits per heavy atom. The molecular formula is C13H20BrN3O. The number of ether oxygens (including phenoxy) is 1. The number of piperidine rings is 1. The van der Waals surface area contributed by atoms with Crippen molar-refractivity contribution < 1.29 is 4.74 Å². The quantitative estimate of drug-likeness (QED) is 0.858. The fourth-order valence-electron chi connectivity index (χ4n) is 2.24. The lowest BCUT2D eigenvalue weighted by atomic mass is 9.78. The largest absolute Gasteiger partial charge is 0.480 e. The molecule has 0 atom stereocenters. The smallest absolute Gasteiger partial charge is 0.232 e. The van der Waals surface area contributed by atoms with E-state index < -0.39 is 0 Å². The van der Waals surface area contributed by atoms with Crippen molar-refractivity contribution in [2.75, 3.05) is 25.1 Å². The SMILES string of the molecule is CCC1(C)CCN(c2ncc(Br)c(OC)n2)CC1. The predicted molar refractivity (Wildman–Crippen MR) is 76.1 cm³/mol. The molecule has 18 heavy (non-hydrogen) atoms. The molecule has 5 heteroatoms. The normalized spacial score (nSPS) is 18.8. The molecule has 0 unspecified atom stereocenters. The molecule has 0 N–H and O–H groups in total. The van der Waals surface area contributed by atoms with E-state index >= 15 is 0 Å². The molecule has 0 bridgehead atoms. The highest BCUT2D eigenvalue weighted by molar-refractivity contribution is 9.10. The molecule has 0 amide bonds. The summed E-state index contributed by atoms with van der Waals surface area (Å²) in [4.78, 5) is 11.0. The van der Waals surface area contributed by atoms with E-state index in [9.17, 15) is 0 Å². The lowest BCUT2D eigenvalue weighted by Gasteiger charge is -2.38. The van der Waals surface area contributed by atoms with Gasteiger partial charge < -0.3 is 9.64 Å². The van der Waals surface area contributed by atoms with Crippen molar-refractivity contribution in [3.8, 4) is 5.88 Å². The minimum atomic E-state index is 0.482. The van der Waals surface area contributed by atoms with Crippen LogP contribution in [0.1, 0.15) is 33.1 Å². The van der Waals surface area contributed by atoms with Crippen LogP contribution in [-0.2, 0) is 0 Å². The van der Waals surface area contributed by atoms with Crippen LogP contribution < -0.4 is 9.64 Å². The molecule has 1 aliphatic heterocycles.